The number of nitrogens with one attached hydrogen (secondary N) is 2. The Morgan fingerprint density at radius 3 is 2.43 bits per heavy atom. The number of carbonyl (C=O) groups excluding carboxylic acids is 1. The Hall–Kier alpha value is -2.30. The van der Waals surface area contributed by atoms with Crippen LogP contribution in [-0.2, 0) is 0 Å². The lowest BCUT2D eigenvalue weighted by molar-refractivity contribution is 0.244. The van der Waals surface area contributed by atoms with E-state index in [0.29, 0.717) is 0 Å². The SMILES string of the molecule is Cc1cc(C)n(-c2ccccc2NC(=O)NC(C)(C)C)n1. The van der Waals surface area contributed by atoms with E-state index in [9.17, 15) is 4.79 Å². The molecule has 2 aromatic rings. The summed E-state index contributed by atoms with van der Waals surface area (Å²) in [5.41, 5.74) is 3.27. The van der Waals surface area contributed by atoms with Crippen LogP contribution in [0.15, 0.2) is 30.3 Å². The third-order valence-electron chi connectivity index (χ3n) is 2.88. The lowest BCUT2D eigenvalue weighted by Crippen LogP contribution is -2.43. The Bertz CT molecular complexity index is 653. The summed E-state index contributed by atoms with van der Waals surface area (Å²) in [6.45, 7) is 9.77. The molecule has 5 nitrogen and oxygen atoms in total. The normalized spacial score (nSPS) is 11.3. The average molecular weight is 286 g/mol. The van der Waals surface area contributed by atoms with Crippen LogP contribution < -0.4 is 10.6 Å². The molecule has 0 aliphatic rings. The number of para-hydroxylation sites is 2. The van der Waals surface area contributed by atoms with Gasteiger partial charge in [0.2, 0.25) is 0 Å². The van der Waals surface area contributed by atoms with Crippen molar-refractivity contribution in [3.8, 4) is 5.69 Å². The number of nitrogens with zero attached hydrogens (tertiary/aromatic N) is 2. The van der Waals surface area contributed by atoms with Crippen molar-refractivity contribution in [2.75, 3.05) is 5.32 Å². The minimum Gasteiger partial charge on any atom is -0.333 e. The summed E-state index contributed by atoms with van der Waals surface area (Å²) in [6.07, 6.45) is 0. The molecule has 0 aliphatic heterocycles. The summed E-state index contributed by atoms with van der Waals surface area (Å²) in [5.74, 6) is 0. The van der Waals surface area contributed by atoms with Crippen LogP contribution in [0.2, 0.25) is 0 Å². The standard InChI is InChI=1S/C16H22N4O/c1-11-10-12(2)20(19-11)14-9-7-6-8-13(14)17-15(21)18-16(3,4)5/h6-10H,1-5H3,(H2,17,18,21). The fourth-order valence-corrected chi connectivity index (χ4v) is 2.13. The van der Waals surface area contributed by atoms with Gasteiger partial charge in [0, 0.05) is 11.2 Å². The van der Waals surface area contributed by atoms with Gasteiger partial charge in [0.15, 0.2) is 0 Å². The molecule has 0 radical (unpaired) electrons. The van der Waals surface area contributed by atoms with Crippen molar-refractivity contribution < 1.29 is 4.79 Å². The van der Waals surface area contributed by atoms with Gasteiger partial charge in [-0.25, -0.2) is 9.48 Å². The predicted octanol–water partition coefficient (Wildman–Crippen LogP) is 3.41. The predicted molar refractivity (Wildman–Crippen MR) is 84.9 cm³/mol. The molecule has 0 saturated heterocycles. The molecule has 1 aromatic carbocycles. The fourth-order valence-electron chi connectivity index (χ4n) is 2.13. The van der Waals surface area contributed by atoms with E-state index in [0.717, 1.165) is 22.8 Å². The van der Waals surface area contributed by atoms with Crippen LogP contribution in [0.1, 0.15) is 32.2 Å². The molecule has 0 aliphatic carbocycles. The molecule has 2 rings (SSSR count). The summed E-state index contributed by atoms with van der Waals surface area (Å²) in [6, 6.07) is 9.41. The summed E-state index contributed by atoms with van der Waals surface area (Å²) >= 11 is 0. The van der Waals surface area contributed by atoms with Gasteiger partial charge in [-0.1, -0.05) is 12.1 Å². The van der Waals surface area contributed by atoms with Gasteiger partial charge in [0.05, 0.1) is 17.1 Å². The minimum atomic E-state index is -0.281. The average Bonchev–Trinajstić information content (AvgIpc) is 2.66. The molecule has 0 bridgehead atoms. The van der Waals surface area contributed by atoms with Crippen molar-refractivity contribution in [1.29, 1.82) is 0 Å². The molecule has 1 heterocycles. The second-order valence-corrected chi connectivity index (χ2v) is 6.19. The quantitative estimate of drug-likeness (QED) is 0.888. The Labute approximate surface area is 125 Å². The molecule has 0 unspecified atom stereocenters. The Kier molecular flexibility index (Phi) is 4.02. The van der Waals surface area contributed by atoms with Gasteiger partial charge in [-0.2, -0.15) is 5.10 Å². The van der Waals surface area contributed by atoms with Crippen LogP contribution in [0.4, 0.5) is 10.5 Å². The van der Waals surface area contributed by atoms with E-state index in [1.807, 2.05) is 69.6 Å². The number of amides is 2. The Morgan fingerprint density at radius 1 is 1.19 bits per heavy atom. The van der Waals surface area contributed by atoms with E-state index in [1.54, 1.807) is 0 Å². The number of hydrogen-bond acceptors (Lipinski definition) is 2. The van der Waals surface area contributed by atoms with Gasteiger partial charge in [-0.15, -0.1) is 0 Å². The van der Waals surface area contributed by atoms with Crippen molar-refractivity contribution in [1.82, 2.24) is 15.1 Å². The van der Waals surface area contributed by atoms with Crippen molar-refractivity contribution >= 4 is 11.7 Å². The summed E-state index contributed by atoms with van der Waals surface area (Å²) in [5, 5.41) is 10.2. The van der Waals surface area contributed by atoms with Gasteiger partial charge < -0.3 is 10.6 Å². The van der Waals surface area contributed by atoms with Crippen LogP contribution in [0.3, 0.4) is 0 Å². The van der Waals surface area contributed by atoms with Crippen LogP contribution in [0, 0.1) is 13.8 Å². The number of hydrogen-bond donors (Lipinski definition) is 2. The summed E-state index contributed by atoms with van der Waals surface area (Å²) in [7, 11) is 0. The highest BCUT2D eigenvalue weighted by Gasteiger charge is 2.15. The molecular weight excluding hydrogens is 264 g/mol. The van der Waals surface area contributed by atoms with Gasteiger partial charge in [-0.05, 0) is 52.8 Å². The van der Waals surface area contributed by atoms with Crippen LogP contribution in [0.25, 0.3) is 5.69 Å². The highest BCUT2D eigenvalue weighted by atomic mass is 16.2. The van der Waals surface area contributed by atoms with Gasteiger partial charge in [0.1, 0.15) is 0 Å². The molecule has 0 spiro atoms. The van der Waals surface area contributed by atoms with E-state index >= 15 is 0 Å². The summed E-state index contributed by atoms with van der Waals surface area (Å²) in [4.78, 5) is 12.0. The van der Waals surface area contributed by atoms with Crippen LogP contribution in [0.5, 0.6) is 0 Å². The number of aryl methyl sites for hydroxylation is 2. The lowest BCUT2D eigenvalue weighted by Gasteiger charge is -2.21. The number of urea groups is 1. The highest BCUT2D eigenvalue weighted by Crippen LogP contribution is 2.21. The maximum absolute atomic E-state index is 12.0. The van der Waals surface area contributed by atoms with E-state index in [-0.39, 0.29) is 11.6 Å². The molecule has 1 aromatic heterocycles. The minimum absolute atomic E-state index is 0.225. The highest BCUT2D eigenvalue weighted by molar-refractivity contribution is 5.91. The number of rotatable bonds is 2. The number of benzene rings is 1. The summed E-state index contributed by atoms with van der Waals surface area (Å²) < 4.78 is 1.84. The number of anilines is 1. The van der Waals surface area contributed by atoms with Gasteiger partial charge >= 0.3 is 6.03 Å². The van der Waals surface area contributed by atoms with Gasteiger partial charge in [-0.3, -0.25) is 0 Å². The molecule has 0 fully saturated rings. The third-order valence-corrected chi connectivity index (χ3v) is 2.88. The molecular formula is C16H22N4O. The maximum Gasteiger partial charge on any atom is 0.319 e. The van der Waals surface area contributed by atoms with Crippen LogP contribution in [-0.4, -0.2) is 21.4 Å². The first-order valence-corrected chi connectivity index (χ1v) is 6.98. The van der Waals surface area contributed by atoms with E-state index in [2.05, 4.69) is 15.7 Å². The zero-order valence-electron chi connectivity index (χ0n) is 13.2. The smallest absolute Gasteiger partial charge is 0.319 e. The number of aromatic nitrogens is 2. The zero-order chi connectivity index (χ0) is 15.6. The van der Waals surface area contributed by atoms with Crippen molar-refractivity contribution in [2.45, 2.75) is 40.2 Å². The van der Waals surface area contributed by atoms with Crippen LogP contribution >= 0.6 is 0 Å². The number of carbonyl (C=O) groups is 1. The first-order chi connectivity index (χ1) is 9.76. The van der Waals surface area contributed by atoms with Crippen molar-refractivity contribution in [3.05, 3.63) is 41.7 Å². The topological polar surface area (TPSA) is 59.0 Å². The van der Waals surface area contributed by atoms with E-state index in [4.69, 9.17) is 0 Å². The molecule has 112 valence electrons. The largest absolute Gasteiger partial charge is 0.333 e. The first kappa shape index (κ1) is 15.1. The maximum atomic E-state index is 12.0. The first-order valence-electron chi connectivity index (χ1n) is 6.98. The molecule has 2 N–H and O–H groups in total. The van der Waals surface area contributed by atoms with E-state index in [1.165, 1.54) is 0 Å². The fraction of sp³-hybridized carbons (Fsp3) is 0.375. The molecule has 5 heteroatoms. The second-order valence-electron chi connectivity index (χ2n) is 6.19. The van der Waals surface area contributed by atoms with Crippen molar-refractivity contribution in [3.63, 3.8) is 0 Å². The van der Waals surface area contributed by atoms with Gasteiger partial charge in [0.25, 0.3) is 0 Å². The van der Waals surface area contributed by atoms with Crippen molar-refractivity contribution in [2.24, 2.45) is 0 Å². The molecule has 0 atom stereocenters. The lowest BCUT2D eigenvalue weighted by atomic mass is 10.1. The second kappa shape index (κ2) is 5.60. The Balaban J connectivity index is 2.30. The molecule has 21 heavy (non-hydrogen) atoms. The Morgan fingerprint density at radius 2 is 1.86 bits per heavy atom. The molecule has 0 saturated carbocycles. The zero-order valence-corrected chi connectivity index (χ0v) is 13.2. The monoisotopic (exact) mass is 286 g/mol. The van der Waals surface area contributed by atoms with E-state index < -0.39 is 0 Å². The third kappa shape index (κ3) is 3.84. The molecule has 2 amide bonds.